The molecule has 3 heterocycles. The number of hydrogen-bond donors (Lipinski definition) is 2. The van der Waals surface area contributed by atoms with E-state index >= 15 is 0 Å². The summed E-state index contributed by atoms with van der Waals surface area (Å²) in [6.45, 7) is 6.81. The number of nitrogens with one attached hydrogen (secondary N) is 2. The Bertz CT molecular complexity index is 1160. The molecule has 1 amide bonds. The van der Waals surface area contributed by atoms with Crippen LogP contribution in [0.4, 0.5) is 26.5 Å². The monoisotopic (exact) mass is 472 g/mol. The number of ether oxygens (including phenoxy) is 1. The van der Waals surface area contributed by atoms with Crippen LogP contribution in [0.2, 0.25) is 5.02 Å². The standard InChI is InChI=1S/C23H26ClFN6O2/c1-23(2,3)33-22(32)31-8-6-14(7-9-31)29-20-11-16-19(12-26-20)27-13-28-21(16)30-15-4-5-18(25)17(24)10-15/h4-5,10-14H,6-9H2,1-3H3,(H,26,29)(H,27,28,30). The summed E-state index contributed by atoms with van der Waals surface area (Å²) >= 11 is 5.89. The zero-order chi connectivity index (χ0) is 23.6. The molecule has 0 spiro atoms. The van der Waals surface area contributed by atoms with E-state index in [-0.39, 0.29) is 17.2 Å². The van der Waals surface area contributed by atoms with Gasteiger partial charge in [0.05, 0.1) is 16.7 Å². The highest BCUT2D eigenvalue weighted by atomic mass is 35.5. The maximum atomic E-state index is 13.5. The average molecular weight is 473 g/mol. The summed E-state index contributed by atoms with van der Waals surface area (Å²) in [7, 11) is 0. The molecule has 4 rings (SSSR count). The van der Waals surface area contributed by atoms with Crippen molar-refractivity contribution in [2.24, 2.45) is 0 Å². The molecule has 0 saturated carbocycles. The predicted molar refractivity (Wildman–Crippen MR) is 126 cm³/mol. The van der Waals surface area contributed by atoms with Crippen LogP contribution in [0.5, 0.6) is 0 Å². The van der Waals surface area contributed by atoms with Gasteiger partial charge >= 0.3 is 6.09 Å². The summed E-state index contributed by atoms with van der Waals surface area (Å²) < 4.78 is 18.9. The summed E-state index contributed by atoms with van der Waals surface area (Å²) in [5, 5.41) is 7.40. The highest BCUT2D eigenvalue weighted by Gasteiger charge is 2.27. The topological polar surface area (TPSA) is 92.3 Å². The molecule has 1 aliphatic rings. The Labute approximate surface area is 196 Å². The molecule has 0 radical (unpaired) electrons. The Morgan fingerprint density at radius 3 is 2.64 bits per heavy atom. The van der Waals surface area contributed by atoms with Gasteiger partial charge in [-0.3, -0.25) is 0 Å². The minimum atomic E-state index is -0.506. The van der Waals surface area contributed by atoms with Crippen LogP contribution in [0.1, 0.15) is 33.6 Å². The van der Waals surface area contributed by atoms with Crippen LogP contribution >= 0.6 is 11.6 Å². The first-order chi connectivity index (χ1) is 15.7. The van der Waals surface area contributed by atoms with E-state index in [1.807, 2.05) is 26.8 Å². The highest BCUT2D eigenvalue weighted by molar-refractivity contribution is 6.31. The lowest BCUT2D eigenvalue weighted by Crippen LogP contribution is -2.44. The molecule has 174 valence electrons. The third-order valence-corrected chi connectivity index (χ3v) is 5.49. The first-order valence-corrected chi connectivity index (χ1v) is 11.1. The predicted octanol–water partition coefficient (Wildman–Crippen LogP) is 5.37. The Kier molecular flexibility index (Phi) is 6.51. The van der Waals surface area contributed by atoms with Crippen molar-refractivity contribution in [3.8, 4) is 0 Å². The Hall–Kier alpha value is -3.20. The number of carbonyl (C=O) groups is 1. The third-order valence-electron chi connectivity index (χ3n) is 5.20. The van der Waals surface area contributed by atoms with E-state index in [1.54, 1.807) is 17.2 Å². The molecule has 8 nitrogen and oxygen atoms in total. The van der Waals surface area contributed by atoms with Crippen LogP contribution in [0, 0.1) is 5.82 Å². The lowest BCUT2D eigenvalue weighted by Gasteiger charge is -2.33. The molecule has 1 fully saturated rings. The lowest BCUT2D eigenvalue weighted by molar-refractivity contribution is 0.0210. The SMILES string of the molecule is CC(C)(C)OC(=O)N1CCC(Nc2cc3c(Nc4ccc(F)c(Cl)c4)ncnc3cn2)CC1. The fraction of sp³-hybridized carbons (Fsp3) is 0.391. The molecular weight excluding hydrogens is 447 g/mol. The van der Waals surface area contributed by atoms with E-state index in [4.69, 9.17) is 16.3 Å². The van der Waals surface area contributed by atoms with Crippen LogP contribution in [0.3, 0.4) is 0 Å². The minimum Gasteiger partial charge on any atom is -0.444 e. The molecule has 33 heavy (non-hydrogen) atoms. The number of rotatable bonds is 4. The number of anilines is 3. The van der Waals surface area contributed by atoms with Gasteiger partial charge in [-0.1, -0.05) is 11.6 Å². The molecule has 0 unspecified atom stereocenters. The number of pyridine rings is 1. The second kappa shape index (κ2) is 9.35. The van der Waals surface area contributed by atoms with Crippen LogP contribution in [0.15, 0.2) is 36.8 Å². The van der Waals surface area contributed by atoms with E-state index in [1.165, 1.54) is 18.5 Å². The first kappa shape index (κ1) is 23.0. The number of hydrogen-bond acceptors (Lipinski definition) is 7. The van der Waals surface area contributed by atoms with E-state index in [0.717, 1.165) is 18.2 Å². The molecule has 2 aromatic heterocycles. The molecule has 1 aliphatic heterocycles. The smallest absolute Gasteiger partial charge is 0.410 e. The van der Waals surface area contributed by atoms with E-state index in [2.05, 4.69) is 25.6 Å². The van der Waals surface area contributed by atoms with Gasteiger partial charge in [-0.15, -0.1) is 0 Å². The Balaban J connectivity index is 1.44. The molecule has 10 heteroatoms. The third kappa shape index (κ3) is 5.78. The second-order valence-electron chi connectivity index (χ2n) is 8.95. The van der Waals surface area contributed by atoms with Crippen LogP contribution in [-0.4, -0.2) is 50.7 Å². The van der Waals surface area contributed by atoms with E-state index in [0.29, 0.717) is 35.9 Å². The zero-order valence-corrected chi connectivity index (χ0v) is 19.5. The summed E-state index contributed by atoms with van der Waals surface area (Å²) in [6.07, 6.45) is 4.40. The number of amides is 1. The fourth-order valence-corrected chi connectivity index (χ4v) is 3.77. The van der Waals surface area contributed by atoms with Gasteiger partial charge in [0.2, 0.25) is 0 Å². The van der Waals surface area contributed by atoms with Gasteiger partial charge in [0.1, 0.15) is 29.4 Å². The molecule has 3 aromatic rings. The average Bonchev–Trinajstić information content (AvgIpc) is 2.76. The number of halogens is 2. The van der Waals surface area contributed by atoms with Crippen molar-refractivity contribution in [3.63, 3.8) is 0 Å². The summed E-state index contributed by atoms with van der Waals surface area (Å²) in [5.74, 6) is 0.768. The molecule has 0 aliphatic carbocycles. The minimum absolute atomic E-state index is 0.0279. The van der Waals surface area contributed by atoms with Gasteiger partial charge < -0.3 is 20.3 Å². The number of carbonyl (C=O) groups excluding carboxylic acids is 1. The first-order valence-electron chi connectivity index (χ1n) is 10.8. The van der Waals surface area contributed by atoms with Crippen molar-refractivity contribution in [1.29, 1.82) is 0 Å². The molecular formula is C23H26ClFN6O2. The van der Waals surface area contributed by atoms with Gasteiger partial charge in [-0.05, 0) is 57.9 Å². The summed E-state index contributed by atoms with van der Waals surface area (Å²) in [6, 6.07) is 6.44. The molecule has 1 aromatic carbocycles. The van der Waals surface area contributed by atoms with Crippen molar-refractivity contribution >= 4 is 45.9 Å². The van der Waals surface area contributed by atoms with E-state index in [9.17, 15) is 9.18 Å². The number of benzene rings is 1. The summed E-state index contributed by atoms with van der Waals surface area (Å²) in [4.78, 5) is 27.1. The quantitative estimate of drug-likeness (QED) is 0.527. The van der Waals surface area contributed by atoms with Crippen LogP contribution in [-0.2, 0) is 4.74 Å². The second-order valence-corrected chi connectivity index (χ2v) is 9.36. The Morgan fingerprint density at radius 2 is 1.94 bits per heavy atom. The molecule has 1 saturated heterocycles. The van der Waals surface area contributed by atoms with Gasteiger partial charge in [0.25, 0.3) is 0 Å². The van der Waals surface area contributed by atoms with Crippen molar-refractivity contribution < 1.29 is 13.9 Å². The van der Waals surface area contributed by atoms with Gasteiger partial charge in [-0.2, -0.15) is 0 Å². The number of likely N-dealkylation sites (tertiary alicyclic amines) is 1. The zero-order valence-electron chi connectivity index (χ0n) is 18.7. The van der Waals surface area contributed by atoms with Gasteiger partial charge in [0.15, 0.2) is 0 Å². The number of piperidine rings is 1. The van der Waals surface area contributed by atoms with Gasteiger partial charge in [0, 0.05) is 30.2 Å². The molecule has 0 atom stereocenters. The molecule has 2 N–H and O–H groups in total. The maximum Gasteiger partial charge on any atom is 0.410 e. The van der Waals surface area contributed by atoms with Crippen molar-refractivity contribution in [3.05, 3.63) is 47.6 Å². The Morgan fingerprint density at radius 1 is 1.18 bits per heavy atom. The van der Waals surface area contributed by atoms with Crippen LogP contribution in [0.25, 0.3) is 10.9 Å². The summed E-state index contributed by atoms with van der Waals surface area (Å²) in [5.41, 5.74) is 0.780. The van der Waals surface area contributed by atoms with E-state index < -0.39 is 11.4 Å². The molecule has 0 bridgehead atoms. The maximum absolute atomic E-state index is 13.5. The van der Waals surface area contributed by atoms with Crippen molar-refractivity contribution in [2.75, 3.05) is 23.7 Å². The largest absolute Gasteiger partial charge is 0.444 e. The van der Waals surface area contributed by atoms with Crippen molar-refractivity contribution in [2.45, 2.75) is 45.3 Å². The van der Waals surface area contributed by atoms with Gasteiger partial charge in [-0.25, -0.2) is 24.1 Å². The normalized spacial score (nSPS) is 14.9. The highest BCUT2D eigenvalue weighted by Crippen LogP contribution is 2.27. The number of fused-ring (bicyclic) bond motifs is 1. The lowest BCUT2D eigenvalue weighted by atomic mass is 10.1. The fourth-order valence-electron chi connectivity index (χ4n) is 3.59. The van der Waals surface area contributed by atoms with Crippen molar-refractivity contribution in [1.82, 2.24) is 19.9 Å². The number of nitrogens with zero attached hydrogens (tertiary/aromatic N) is 4. The number of aromatic nitrogens is 3. The van der Waals surface area contributed by atoms with Crippen LogP contribution < -0.4 is 10.6 Å².